The molecular formula is C27H30N2O6. The number of aliphatic carboxylic acids is 1. The summed E-state index contributed by atoms with van der Waals surface area (Å²) in [6.07, 6.45) is 1.17. The van der Waals surface area contributed by atoms with Gasteiger partial charge < -0.3 is 25.2 Å². The zero-order valence-electron chi connectivity index (χ0n) is 19.4. The van der Waals surface area contributed by atoms with E-state index in [9.17, 15) is 24.6 Å². The van der Waals surface area contributed by atoms with Crippen molar-refractivity contribution in [1.82, 2.24) is 10.2 Å². The van der Waals surface area contributed by atoms with Crippen LogP contribution in [0, 0.1) is 5.92 Å². The number of nitrogens with zero attached hydrogens (tertiary/aromatic N) is 1. The molecule has 3 aliphatic rings. The van der Waals surface area contributed by atoms with Crippen molar-refractivity contribution in [1.29, 1.82) is 0 Å². The van der Waals surface area contributed by atoms with E-state index in [2.05, 4.69) is 29.6 Å². The van der Waals surface area contributed by atoms with Gasteiger partial charge in [0.25, 0.3) is 0 Å². The number of hydrogen-bond acceptors (Lipinski definition) is 5. The van der Waals surface area contributed by atoms with E-state index in [-0.39, 0.29) is 43.4 Å². The summed E-state index contributed by atoms with van der Waals surface area (Å²) in [5.41, 5.74) is 4.67. The van der Waals surface area contributed by atoms with Gasteiger partial charge in [-0.25, -0.2) is 9.59 Å². The third-order valence-corrected chi connectivity index (χ3v) is 7.59. The van der Waals surface area contributed by atoms with E-state index in [0.29, 0.717) is 25.7 Å². The first-order valence-corrected chi connectivity index (χ1v) is 12.2. The van der Waals surface area contributed by atoms with Crippen molar-refractivity contribution in [3.05, 3.63) is 59.7 Å². The Morgan fingerprint density at radius 2 is 1.54 bits per heavy atom. The van der Waals surface area contributed by atoms with Gasteiger partial charge in [0.05, 0.1) is 6.10 Å². The zero-order valence-corrected chi connectivity index (χ0v) is 19.4. The molecular weight excluding hydrogens is 448 g/mol. The Labute approximate surface area is 203 Å². The summed E-state index contributed by atoms with van der Waals surface area (Å²) in [5, 5.41) is 22.1. The van der Waals surface area contributed by atoms with Crippen molar-refractivity contribution in [3.8, 4) is 11.1 Å². The summed E-state index contributed by atoms with van der Waals surface area (Å²) in [6, 6.07) is 15.3. The van der Waals surface area contributed by atoms with Crippen LogP contribution >= 0.6 is 0 Å². The lowest BCUT2D eigenvalue weighted by Crippen LogP contribution is -2.46. The molecule has 0 unspecified atom stereocenters. The monoisotopic (exact) mass is 478 g/mol. The molecule has 1 heterocycles. The minimum absolute atomic E-state index is 0.000462. The Hall–Kier alpha value is -3.39. The number of hydrogen-bond donors (Lipinski definition) is 3. The summed E-state index contributed by atoms with van der Waals surface area (Å²) >= 11 is 0. The van der Waals surface area contributed by atoms with Gasteiger partial charge in [0.15, 0.2) is 0 Å². The van der Waals surface area contributed by atoms with Crippen molar-refractivity contribution in [2.45, 2.75) is 56.2 Å². The number of nitrogens with one attached hydrogen (secondary N) is 1. The molecule has 3 N–H and O–H groups in total. The highest BCUT2D eigenvalue weighted by atomic mass is 16.5. The van der Waals surface area contributed by atoms with E-state index >= 15 is 0 Å². The van der Waals surface area contributed by atoms with Crippen LogP contribution in [0.5, 0.6) is 0 Å². The van der Waals surface area contributed by atoms with Crippen LogP contribution in [-0.2, 0) is 14.3 Å². The first kappa shape index (κ1) is 23.4. The SMILES string of the molecule is O=C(NC1CCC(C(=O)N2C[C@H](O)C[C@H]2C(=O)O)CC1)OCC1c2ccccc2-c2ccccc21. The summed E-state index contributed by atoms with van der Waals surface area (Å²) < 4.78 is 5.63. The molecule has 5 rings (SSSR count). The van der Waals surface area contributed by atoms with Crippen molar-refractivity contribution < 1.29 is 29.3 Å². The number of carbonyl (C=O) groups excluding carboxylic acids is 2. The third kappa shape index (κ3) is 4.62. The van der Waals surface area contributed by atoms with Gasteiger partial charge in [0.1, 0.15) is 12.6 Å². The number of benzene rings is 2. The maximum Gasteiger partial charge on any atom is 0.407 e. The number of fused-ring (bicyclic) bond motifs is 3. The highest BCUT2D eigenvalue weighted by Gasteiger charge is 2.42. The Morgan fingerprint density at radius 1 is 0.943 bits per heavy atom. The average Bonchev–Trinajstić information content (AvgIpc) is 3.41. The highest BCUT2D eigenvalue weighted by molar-refractivity contribution is 5.86. The fourth-order valence-corrected chi connectivity index (χ4v) is 5.82. The molecule has 1 saturated heterocycles. The van der Waals surface area contributed by atoms with Crippen LogP contribution in [0.3, 0.4) is 0 Å². The van der Waals surface area contributed by atoms with Crippen LogP contribution in [0.25, 0.3) is 11.1 Å². The predicted molar refractivity (Wildman–Crippen MR) is 128 cm³/mol. The largest absolute Gasteiger partial charge is 0.480 e. The standard InChI is InChI=1S/C27H30N2O6/c30-18-13-24(26(32)33)29(14-18)25(31)16-9-11-17(12-10-16)28-27(34)35-15-23-21-7-3-1-5-19(21)20-6-2-4-8-22(20)23/h1-8,16-18,23-24,30H,9-15H2,(H,28,34)(H,32,33)/t16?,17?,18-,24+/m1/s1. The number of likely N-dealkylation sites (tertiary alicyclic amines) is 1. The lowest BCUT2D eigenvalue weighted by molar-refractivity contribution is -0.150. The maximum absolute atomic E-state index is 12.9. The number of rotatable bonds is 5. The highest BCUT2D eigenvalue weighted by Crippen LogP contribution is 2.44. The number of carbonyl (C=O) groups is 3. The van der Waals surface area contributed by atoms with Crippen molar-refractivity contribution >= 4 is 18.0 Å². The molecule has 35 heavy (non-hydrogen) atoms. The minimum atomic E-state index is -1.08. The van der Waals surface area contributed by atoms with Crippen molar-refractivity contribution in [2.24, 2.45) is 5.92 Å². The molecule has 0 bridgehead atoms. The summed E-state index contributed by atoms with van der Waals surface area (Å²) in [7, 11) is 0. The first-order chi connectivity index (χ1) is 16.9. The molecule has 8 nitrogen and oxygen atoms in total. The molecule has 0 spiro atoms. The normalized spacial score (nSPS) is 25.6. The van der Waals surface area contributed by atoms with Crippen LogP contribution in [-0.4, -0.2) is 64.4 Å². The topological polar surface area (TPSA) is 116 Å². The number of aliphatic hydroxyl groups is 1. The molecule has 1 saturated carbocycles. The average molecular weight is 479 g/mol. The zero-order chi connectivity index (χ0) is 24.5. The Morgan fingerprint density at radius 3 is 2.14 bits per heavy atom. The first-order valence-electron chi connectivity index (χ1n) is 12.2. The van der Waals surface area contributed by atoms with Crippen LogP contribution in [0.2, 0.25) is 0 Å². The fraction of sp³-hybridized carbons (Fsp3) is 0.444. The number of aliphatic hydroxyl groups excluding tert-OH is 1. The van der Waals surface area contributed by atoms with E-state index in [4.69, 9.17) is 4.74 Å². The fourth-order valence-electron chi connectivity index (χ4n) is 5.82. The second-order valence-electron chi connectivity index (χ2n) is 9.75. The predicted octanol–water partition coefficient (Wildman–Crippen LogP) is 3.13. The van der Waals surface area contributed by atoms with Gasteiger partial charge in [-0.1, -0.05) is 48.5 Å². The van der Waals surface area contributed by atoms with E-state index in [1.807, 2.05) is 24.3 Å². The Balaban J connectivity index is 1.12. The molecule has 2 atom stereocenters. The Kier molecular flexibility index (Phi) is 6.47. The molecule has 2 fully saturated rings. The molecule has 8 heteroatoms. The van der Waals surface area contributed by atoms with Crippen molar-refractivity contribution in [3.63, 3.8) is 0 Å². The Bertz CT molecular complexity index is 1080. The summed E-state index contributed by atoms with van der Waals surface area (Å²) in [5.74, 6) is -1.59. The number of ether oxygens (including phenoxy) is 1. The van der Waals surface area contributed by atoms with Crippen molar-refractivity contribution in [2.75, 3.05) is 13.2 Å². The van der Waals surface area contributed by atoms with Crippen LogP contribution in [0.4, 0.5) is 4.79 Å². The van der Waals surface area contributed by atoms with Gasteiger partial charge in [-0.2, -0.15) is 0 Å². The van der Waals surface area contributed by atoms with E-state index in [1.165, 1.54) is 16.0 Å². The quantitative estimate of drug-likeness (QED) is 0.608. The third-order valence-electron chi connectivity index (χ3n) is 7.59. The minimum Gasteiger partial charge on any atom is -0.480 e. The van der Waals surface area contributed by atoms with Gasteiger partial charge in [-0.15, -0.1) is 0 Å². The van der Waals surface area contributed by atoms with Gasteiger partial charge in [-0.05, 0) is 47.9 Å². The lowest BCUT2D eigenvalue weighted by Gasteiger charge is -2.32. The molecule has 2 aliphatic carbocycles. The second kappa shape index (κ2) is 9.70. The maximum atomic E-state index is 12.9. The lowest BCUT2D eigenvalue weighted by atomic mass is 9.85. The number of carboxylic acid groups (broad SMARTS) is 1. The summed E-state index contributed by atoms with van der Waals surface area (Å²) in [6.45, 7) is 0.315. The number of amides is 2. The van der Waals surface area contributed by atoms with Crippen LogP contribution in [0.15, 0.2) is 48.5 Å². The molecule has 2 aromatic carbocycles. The van der Waals surface area contributed by atoms with Gasteiger partial charge in [0.2, 0.25) is 5.91 Å². The number of alkyl carbamates (subject to hydrolysis) is 1. The van der Waals surface area contributed by atoms with E-state index < -0.39 is 24.2 Å². The smallest absolute Gasteiger partial charge is 0.407 e. The molecule has 0 aromatic heterocycles. The molecule has 1 aliphatic heterocycles. The van der Waals surface area contributed by atoms with Crippen LogP contribution < -0.4 is 5.32 Å². The second-order valence-corrected chi connectivity index (χ2v) is 9.75. The summed E-state index contributed by atoms with van der Waals surface area (Å²) in [4.78, 5) is 38.2. The van der Waals surface area contributed by atoms with Gasteiger partial charge in [-0.3, -0.25) is 4.79 Å². The van der Waals surface area contributed by atoms with E-state index in [0.717, 1.165) is 11.1 Å². The van der Waals surface area contributed by atoms with Crippen LogP contribution in [0.1, 0.15) is 49.1 Å². The van der Waals surface area contributed by atoms with Gasteiger partial charge in [0, 0.05) is 30.8 Å². The molecule has 2 aromatic rings. The number of β-amino-alcohol motifs (C(OH)–C–C–N with tert-alkyl or cyclic N) is 1. The van der Waals surface area contributed by atoms with E-state index in [1.54, 1.807) is 0 Å². The number of carboxylic acids is 1. The van der Waals surface area contributed by atoms with Gasteiger partial charge >= 0.3 is 12.1 Å². The molecule has 0 radical (unpaired) electrons. The molecule has 2 amide bonds. The molecule has 184 valence electrons.